The van der Waals surface area contributed by atoms with Gasteiger partial charge in [-0.2, -0.15) is 5.26 Å². The number of pyridine rings is 1. The molecule has 0 aliphatic rings. The lowest BCUT2D eigenvalue weighted by atomic mass is 10.1. The average molecular weight is 374 g/mol. The number of fused-ring (bicyclic) bond motifs is 1. The van der Waals surface area contributed by atoms with E-state index in [0.29, 0.717) is 28.1 Å². The van der Waals surface area contributed by atoms with Crippen LogP contribution >= 0.6 is 11.8 Å². The summed E-state index contributed by atoms with van der Waals surface area (Å²) in [6.45, 7) is 0. The molecule has 4 aromatic rings. The Morgan fingerprint density at radius 2 is 1.96 bits per heavy atom. The van der Waals surface area contributed by atoms with Crippen LogP contribution in [0.3, 0.4) is 0 Å². The van der Waals surface area contributed by atoms with Crippen LogP contribution in [0.15, 0.2) is 64.0 Å². The molecule has 0 aliphatic carbocycles. The summed E-state index contributed by atoms with van der Waals surface area (Å²) in [4.78, 5) is 4.60. The fraction of sp³-hybridized carbons (Fsp3) is 0.100. The van der Waals surface area contributed by atoms with Crippen molar-refractivity contribution in [3.63, 3.8) is 0 Å². The molecule has 132 valence electrons. The number of hydrogen-bond donors (Lipinski definition) is 0. The maximum atomic E-state index is 9.47. The molecule has 0 fully saturated rings. The fourth-order valence-corrected chi connectivity index (χ4v) is 3.39. The smallest absolute Gasteiger partial charge is 0.247 e. The summed E-state index contributed by atoms with van der Waals surface area (Å²) in [7, 11) is 1.61. The molecule has 2 heterocycles. The van der Waals surface area contributed by atoms with Gasteiger partial charge in [0.05, 0.1) is 23.9 Å². The summed E-state index contributed by atoms with van der Waals surface area (Å²) in [6, 6.07) is 19.2. The van der Waals surface area contributed by atoms with Crippen LogP contribution in [-0.4, -0.2) is 22.3 Å². The Morgan fingerprint density at radius 3 is 2.74 bits per heavy atom. The lowest BCUT2D eigenvalue weighted by molar-refractivity contribution is 0.415. The van der Waals surface area contributed by atoms with Gasteiger partial charge in [0, 0.05) is 10.9 Å². The van der Waals surface area contributed by atoms with E-state index in [1.54, 1.807) is 7.11 Å². The van der Waals surface area contributed by atoms with Crippen LogP contribution < -0.4 is 4.74 Å². The van der Waals surface area contributed by atoms with Crippen LogP contribution in [0, 0.1) is 11.3 Å². The topological polar surface area (TPSA) is 84.8 Å². The van der Waals surface area contributed by atoms with E-state index >= 15 is 0 Å². The number of methoxy groups -OCH3 is 1. The predicted octanol–water partition coefficient (Wildman–Crippen LogP) is 4.46. The third kappa shape index (κ3) is 3.61. The minimum Gasteiger partial charge on any atom is -0.497 e. The Morgan fingerprint density at radius 1 is 1.11 bits per heavy atom. The predicted molar refractivity (Wildman–Crippen MR) is 102 cm³/mol. The monoisotopic (exact) mass is 374 g/mol. The molecule has 0 saturated carbocycles. The molecule has 0 amide bonds. The molecule has 2 aromatic heterocycles. The van der Waals surface area contributed by atoms with Crippen LogP contribution in [0.25, 0.3) is 22.4 Å². The molecule has 0 saturated heterocycles. The summed E-state index contributed by atoms with van der Waals surface area (Å²) < 4.78 is 10.9. The quantitative estimate of drug-likeness (QED) is 0.477. The number of ether oxygens (including phenoxy) is 1. The van der Waals surface area contributed by atoms with Crippen LogP contribution in [0.2, 0.25) is 0 Å². The number of rotatable bonds is 5. The van der Waals surface area contributed by atoms with Crippen molar-refractivity contribution < 1.29 is 9.15 Å². The molecule has 0 N–H and O–H groups in total. The highest BCUT2D eigenvalue weighted by atomic mass is 32.2. The van der Waals surface area contributed by atoms with Crippen molar-refractivity contribution in [1.82, 2.24) is 15.2 Å². The van der Waals surface area contributed by atoms with Gasteiger partial charge in [0.2, 0.25) is 11.8 Å². The van der Waals surface area contributed by atoms with E-state index in [4.69, 9.17) is 9.15 Å². The van der Waals surface area contributed by atoms with Crippen molar-refractivity contribution in [1.29, 1.82) is 5.26 Å². The summed E-state index contributed by atoms with van der Waals surface area (Å²) in [5.74, 6) is 2.13. The first-order valence-electron chi connectivity index (χ1n) is 8.16. The van der Waals surface area contributed by atoms with Gasteiger partial charge in [-0.3, -0.25) is 0 Å². The highest BCUT2D eigenvalue weighted by molar-refractivity contribution is 7.98. The van der Waals surface area contributed by atoms with Gasteiger partial charge in [-0.25, -0.2) is 4.98 Å². The molecule has 0 radical (unpaired) electrons. The van der Waals surface area contributed by atoms with Crippen LogP contribution in [0.4, 0.5) is 0 Å². The summed E-state index contributed by atoms with van der Waals surface area (Å²) in [6.07, 6.45) is 0. The van der Waals surface area contributed by atoms with E-state index in [1.165, 1.54) is 11.8 Å². The zero-order valence-electron chi connectivity index (χ0n) is 14.4. The van der Waals surface area contributed by atoms with Crippen molar-refractivity contribution in [3.8, 4) is 23.3 Å². The number of hydrogen-bond acceptors (Lipinski definition) is 7. The second kappa shape index (κ2) is 7.48. The molecule has 6 nitrogen and oxygen atoms in total. The van der Waals surface area contributed by atoms with E-state index in [-0.39, 0.29) is 0 Å². The third-order valence-electron chi connectivity index (χ3n) is 3.93. The highest BCUT2D eigenvalue weighted by Crippen LogP contribution is 2.29. The van der Waals surface area contributed by atoms with Crippen molar-refractivity contribution in [2.45, 2.75) is 10.8 Å². The SMILES string of the molecule is COc1ccc2nc(SCc3nnc(-c4ccccc4)o3)c(C#N)cc2c1. The molecule has 4 rings (SSSR count). The van der Waals surface area contributed by atoms with Crippen molar-refractivity contribution in [2.24, 2.45) is 0 Å². The Kier molecular flexibility index (Phi) is 4.73. The highest BCUT2D eigenvalue weighted by Gasteiger charge is 2.12. The van der Waals surface area contributed by atoms with Gasteiger partial charge >= 0.3 is 0 Å². The molecular formula is C20H14N4O2S. The van der Waals surface area contributed by atoms with Gasteiger partial charge < -0.3 is 9.15 Å². The molecule has 0 aliphatic heterocycles. The van der Waals surface area contributed by atoms with Crippen LogP contribution in [-0.2, 0) is 5.75 Å². The molecule has 0 bridgehead atoms. The molecule has 2 aromatic carbocycles. The van der Waals surface area contributed by atoms with Crippen molar-refractivity contribution >= 4 is 22.7 Å². The maximum Gasteiger partial charge on any atom is 0.247 e. The molecule has 0 spiro atoms. The summed E-state index contributed by atoms with van der Waals surface area (Å²) in [5.41, 5.74) is 2.17. The second-order valence-electron chi connectivity index (χ2n) is 5.67. The van der Waals surface area contributed by atoms with Crippen LogP contribution in [0.5, 0.6) is 5.75 Å². The first-order valence-corrected chi connectivity index (χ1v) is 9.15. The van der Waals surface area contributed by atoms with Gasteiger partial charge in [-0.1, -0.05) is 30.0 Å². The number of nitrogens with zero attached hydrogens (tertiary/aromatic N) is 4. The Labute approximate surface area is 159 Å². The van der Waals surface area contributed by atoms with E-state index in [9.17, 15) is 5.26 Å². The molecule has 0 atom stereocenters. The maximum absolute atomic E-state index is 9.47. The fourth-order valence-electron chi connectivity index (χ4n) is 2.59. The Balaban J connectivity index is 1.57. The van der Waals surface area contributed by atoms with E-state index < -0.39 is 0 Å². The minimum absolute atomic E-state index is 0.434. The average Bonchev–Trinajstić information content (AvgIpc) is 3.20. The second-order valence-corrected chi connectivity index (χ2v) is 6.63. The molecular weight excluding hydrogens is 360 g/mol. The Bertz CT molecular complexity index is 1140. The van der Waals surface area contributed by atoms with Gasteiger partial charge in [-0.15, -0.1) is 10.2 Å². The zero-order chi connectivity index (χ0) is 18.6. The first-order chi connectivity index (χ1) is 13.3. The van der Waals surface area contributed by atoms with Crippen molar-refractivity contribution in [2.75, 3.05) is 7.11 Å². The van der Waals surface area contributed by atoms with Gasteiger partial charge in [0.1, 0.15) is 16.8 Å². The lowest BCUT2D eigenvalue weighted by Crippen LogP contribution is -1.91. The van der Waals surface area contributed by atoms with Gasteiger partial charge in [0.15, 0.2) is 0 Å². The Hall–Kier alpha value is -3.37. The molecule has 0 unspecified atom stereocenters. The number of thioether (sulfide) groups is 1. The van der Waals surface area contributed by atoms with Gasteiger partial charge in [-0.05, 0) is 36.4 Å². The van der Waals surface area contributed by atoms with E-state index in [0.717, 1.165) is 22.2 Å². The normalized spacial score (nSPS) is 10.7. The van der Waals surface area contributed by atoms with Gasteiger partial charge in [0.25, 0.3) is 0 Å². The minimum atomic E-state index is 0.434. The summed E-state index contributed by atoms with van der Waals surface area (Å²) >= 11 is 1.40. The molecule has 7 heteroatoms. The third-order valence-corrected chi connectivity index (χ3v) is 4.90. The van der Waals surface area contributed by atoms with E-state index in [1.807, 2.05) is 54.6 Å². The standard InChI is InChI=1S/C20H14N4O2S/c1-25-16-7-8-17-14(10-16)9-15(11-21)20(22-17)27-12-18-23-24-19(26-18)13-5-3-2-4-6-13/h2-10H,12H2,1H3. The zero-order valence-corrected chi connectivity index (χ0v) is 15.2. The number of nitriles is 1. The largest absolute Gasteiger partial charge is 0.497 e. The lowest BCUT2D eigenvalue weighted by Gasteiger charge is -2.06. The number of benzene rings is 2. The van der Waals surface area contributed by atoms with Crippen molar-refractivity contribution in [3.05, 3.63) is 66.1 Å². The number of aromatic nitrogens is 3. The van der Waals surface area contributed by atoms with E-state index in [2.05, 4.69) is 21.3 Å². The first kappa shape index (κ1) is 17.1. The molecule has 27 heavy (non-hydrogen) atoms. The van der Waals surface area contributed by atoms with Crippen LogP contribution in [0.1, 0.15) is 11.5 Å². The summed E-state index contributed by atoms with van der Waals surface area (Å²) in [5, 5.41) is 19.1.